The number of hydrogen-bond acceptors (Lipinski definition) is 4. The molecule has 0 unspecified atom stereocenters. The van der Waals surface area contributed by atoms with Gasteiger partial charge < -0.3 is 10.1 Å². The van der Waals surface area contributed by atoms with E-state index in [0.717, 1.165) is 18.5 Å². The average Bonchev–Trinajstić information content (AvgIpc) is 2.77. The van der Waals surface area contributed by atoms with Gasteiger partial charge in [-0.2, -0.15) is 5.10 Å². The minimum atomic E-state index is 0.520. The normalized spacial score (nSPS) is 11.2. The van der Waals surface area contributed by atoms with Crippen LogP contribution in [0.2, 0.25) is 0 Å². The third-order valence-corrected chi connectivity index (χ3v) is 2.40. The van der Waals surface area contributed by atoms with Crippen LogP contribution in [-0.4, -0.2) is 33.8 Å². The Morgan fingerprint density at radius 3 is 3.12 bits per heavy atom. The van der Waals surface area contributed by atoms with Gasteiger partial charge in [0.2, 0.25) is 5.88 Å². The Labute approximate surface area is 101 Å². The first-order chi connectivity index (χ1) is 8.27. The summed E-state index contributed by atoms with van der Waals surface area (Å²) in [5.41, 5.74) is 0.907. The molecule has 0 aliphatic heterocycles. The van der Waals surface area contributed by atoms with Gasteiger partial charge in [0, 0.05) is 18.4 Å². The Morgan fingerprint density at radius 2 is 2.29 bits per heavy atom. The van der Waals surface area contributed by atoms with E-state index in [4.69, 9.17) is 4.74 Å². The smallest absolute Gasteiger partial charge is 0.240 e. The molecule has 0 bridgehead atoms. The van der Waals surface area contributed by atoms with E-state index >= 15 is 0 Å². The van der Waals surface area contributed by atoms with E-state index in [1.165, 1.54) is 0 Å². The highest BCUT2D eigenvalue weighted by Gasteiger charge is 2.03. The highest BCUT2D eigenvalue weighted by molar-refractivity contribution is 5.54. The standard InChI is InChI=1S/C12H18N4O/c1-10(2)13-5-3-9-17-12-11-4-6-15-16(11)8-7-14-12/h4,6-8,10,13H,3,5,9H2,1-2H3. The summed E-state index contributed by atoms with van der Waals surface area (Å²) in [4.78, 5) is 4.21. The zero-order valence-electron chi connectivity index (χ0n) is 10.3. The Kier molecular flexibility index (Phi) is 3.93. The van der Waals surface area contributed by atoms with Crippen LogP contribution in [0.4, 0.5) is 0 Å². The molecule has 92 valence electrons. The van der Waals surface area contributed by atoms with E-state index in [1.807, 2.05) is 12.3 Å². The summed E-state index contributed by atoms with van der Waals surface area (Å²) >= 11 is 0. The maximum atomic E-state index is 5.65. The van der Waals surface area contributed by atoms with Crippen LogP contribution in [0.5, 0.6) is 5.88 Å². The fourth-order valence-electron chi connectivity index (χ4n) is 1.58. The molecule has 2 aromatic rings. The highest BCUT2D eigenvalue weighted by atomic mass is 16.5. The predicted molar refractivity (Wildman–Crippen MR) is 66.2 cm³/mol. The van der Waals surface area contributed by atoms with Gasteiger partial charge >= 0.3 is 0 Å². The van der Waals surface area contributed by atoms with Crippen LogP contribution in [0, 0.1) is 0 Å². The zero-order valence-corrected chi connectivity index (χ0v) is 10.3. The van der Waals surface area contributed by atoms with Gasteiger partial charge in [0.25, 0.3) is 0 Å². The molecule has 2 rings (SSSR count). The third-order valence-electron chi connectivity index (χ3n) is 2.40. The number of ether oxygens (including phenoxy) is 1. The molecule has 5 heteroatoms. The maximum absolute atomic E-state index is 5.65. The summed E-state index contributed by atoms with van der Waals surface area (Å²) in [6, 6.07) is 2.42. The summed E-state index contributed by atoms with van der Waals surface area (Å²) in [7, 11) is 0. The molecule has 0 saturated heterocycles. The van der Waals surface area contributed by atoms with Crippen LogP contribution in [-0.2, 0) is 0 Å². The number of rotatable bonds is 6. The van der Waals surface area contributed by atoms with Gasteiger partial charge in [-0.05, 0) is 19.0 Å². The van der Waals surface area contributed by atoms with Gasteiger partial charge in [-0.25, -0.2) is 9.50 Å². The monoisotopic (exact) mass is 234 g/mol. The lowest BCUT2D eigenvalue weighted by molar-refractivity contribution is 0.297. The molecular weight excluding hydrogens is 216 g/mol. The van der Waals surface area contributed by atoms with E-state index in [2.05, 4.69) is 29.2 Å². The SMILES string of the molecule is CC(C)NCCCOc1nccn2nccc12. The zero-order chi connectivity index (χ0) is 12.1. The van der Waals surface area contributed by atoms with Crippen LogP contribution in [0.25, 0.3) is 5.52 Å². The number of fused-ring (bicyclic) bond motifs is 1. The molecule has 2 heterocycles. The highest BCUT2D eigenvalue weighted by Crippen LogP contribution is 2.14. The Hall–Kier alpha value is -1.62. The first-order valence-corrected chi connectivity index (χ1v) is 5.92. The van der Waals surface area contributed by atoms with Crippen LogP contribution in [0.15, 0.2) is 24.7 Å². The molecular formula is C12H18N4O. The Balaban J connectivity index is 1.84. The van der Waals surface area contributed by atoms with Crippen LogP contribution in [0.1, 0.15) is 20.3 Å². The minimum absolute atomic E-state index is 0.520. The van der Waals surface area contributed by atoms with Gasteiger partial charge in [-0.1, -0.05) is 13.8 Å². The summed E-state index contributed by atoms with van der Waals surface area (Å²) in [5, 5.41) is 7.48. The first kappa shape index (κ1) is 11.9. The van der Waals surface area contributed by atoms with E-state index in [-0.39, 0.29) is 0 Å². The van der Waals surface area contributed by atoms with Crippen molar-refractivity contribution in [3.63, 3.8) is 0 Å². The van der Waals surface area contributed by atoms with E-state index in [0.29, 0.717) is 18.5 Å². The fourth-order valence-corrected chi connectivity index (χ4v) is 1.58. The molecule has 0 radical (unpaired) electrons. The lowest BCUT2D eigenvalue weighted by Crippen LogP contribution is -2.24. The van der Waals surface area contributed by atoms with Gasteiger partial charge in [0.15, 0.2) is 0 Å². The van der Waals surface area contributed by atoms with Crippen molar-refractivity contribution < 1.29 is 4.74 Å². The fraction of sp³-hybridized carbons (Fsp3) is 0.500. The second-order valence-electron chi connectivity index (χ2n) is 4.20. The van der Waals surface area contributed by atoms with Crippen molar-refractivity contribution in [2.45, 2.75) is 26.3 Å². The molecule has 0 spiro atoms. The minimum Gasteiger partial charge on any atom is -0.476 e. The Bertz CT molecular complexity index is 466. The van der Waals surface area contributed by atoms with E-state index in [9.17, 15) is 0 Å². The second-order valence-corrected chi connectivity index (χ2v) is 4.20. The molecule has 0 saturated carbocycles. The van der Waals surface area contributed by atoms with Crippen molar-refractivity contribution in [1.29, 1.82) is 0 Å². The molecule has 0 fully saturated rings. The van der Waals surface area contributed by atoms with Crippen LogP contribution < -0.4 is 10.1 Å². The lowest BCUT2D eigenvalue weighted by atomic mass is 10.3. The number of nitrogens with one attached hydrogen (secondary N) is 1. The molecule has 0 aliphatic rings. The molecule has 0 aliphatic carbocycles. The molecule has 17 heavy (non-hydrogen) atoms. The maximum Gasteiger partial charge on any atom is 0.240 e. The van der Waals surface area contributed by atoms with Crippen molar-refractivity contribution in [2.24, 2.45) is 0 Å². The molecule has 0 aromatic carbocycles. The first-order valence-electron chi connectivity index (χ1n) is 5.92. The van der Waals surface area contributed by atoms with Crippen LogP contribution >= 0.6 is 0 Å². The second kappa shape index (κ2) is 5.63. The summed E-state index contributed by atoms with van der Waals surface area (Å²) in [6.07, 6.45) is 6.21. The quantitative estimate of drug-likeness (QED) is 0.769. The third kappa shape index (κ3) is 3.17. The van der Waals surface area contributed by atoms with Crippen LogP contribution in [0.3, 0.4) is 0 Å². The topological polar surface area (TPSA) is 51.5 Å². The van der Waals surface area contributed by atoms with Crippen molar-refractivity contribution >= 4 is 5.52 Å². The van der Waals surface area contributed by atoms with E-state index < -0.39 is 0 Å². The number of aromatic nitrogens is 3. The number of nitrogens with zero attached hydrogens (tertiary/aromatic N) is 3. The molecule has 0 atom stereocenters. The molecule has 5 nitrogen and oxygen atoms in total. The van der Waals surface area contributed by atoms with Crippen molar-refractivity contribution in [1.82, 2.24) is 19.9 Å². The van der Waals surface area contributed by atoms with Crippen molar-refractivity contribution in [3.8, 4) is 5.88 Å². The number of hydrogen-bond donors (Lipinski definition) is 1. The molecule has 0 amide bonds. The molecule has 2 aromatic heterocycles. The van der Waals surface area contributed by atoms with Crippen molar-refractivity contribution in [2.75, 3.05) is 13.2 Å². The average molecular weight is 234 g/mol. The van der Waals surface area contributed by atoms with Crippen molar-refractivity contribution in [3.05, 3.63) is 24.7 Å². The van der Waals surface area contributed by atoms with Gasteiger partial charge in [-0.15, -0.1) is 0 Å². The van der Waals surface area contributed by atoms with Gasteiger partial charge in [0.1, 0.15) is 5.52 Å². The van der Waals surface area contributed by atoms with Gasteiger partial charge in [-0.3, -0.25) is 0 Å². The summed E-state index contributed by atoms with van der Waals surface area (Å²) in [5.74, 6) is 0.648. The Morgan fingerprint density at radius 1 is 1.41 bits per heavy atom. The summed E-state index contributed by atoms with van der Waals surface area (Å²) < 4.78 is 7.41. The molecule has 1 N–H and O–H groups in total. The van der Waals surface area contributed by atoms with E-state index in [1.54, 1.807) is 16.9 Å². The predicted octanol–water partition coefficient (Wildman–Crippen LogP) is 1.50. The van der Waals surface area contributed by atoms with Gasteiger partial charge in [0.05, 0.1) is 12.8 Å². The summed E-state index contributed by atoms with van der Waals surface area (Å²) in [6.45, 7) is 5.89. The lowest BCUT2D eigenvalue weighted by Gasteiger charge is -2.09. The largest absolute Gasteiger partial charge is 0.476 e.